The third-order valence-electron chi connectivity index (χ3n) is 2.83. The van der Waals surface area contributed by atoms with Crippen LogP contribution in [-0.4, -0.2) is 13.1 Å². The third-order valence-corrected chi connectivity index (χ3v) is 3.35. The van der Waals surface area contributed by atoms with E-state index in [2.05, 4.69) is 20.7 Å². The fourth-order valence-corrected chi connectivity index (χ4v) is 1.99. The van der Waals surface area contributed by atoms with Crippen molar-refractivity contribution in [2.75, 3.05) is 7.11 Å². The van der Waals surface area contributed by atoms with Gasteiger partial charge in [-0.1, -0.05) is 40.2 Å². The van der Waals surface area contributed by atoms with Crippen LogP contribution in [0.3, 0.4) is 0 Å². The molecule has 0 aliphatic heterocycles. The normalized spacial score (nSPS) is 10.3. The lowest BCUT2D eigenvalue weighted by Crippen LogP contribution is -2.01. The molecule has 104 valence electrons. The van der Waals surface area contributed by atoms with Crippen molar-refractivity contribution in [3.8, 4) is 0 Å². The summed E-state index contributed by atoms with van der Waals surface area (Å²) in [5, 5.41) is 0. The van der Waals surface area contributed by atoms with Gasteiger partial charge in [0.15, 0.2) is 0 Å². The van der Waals surface area contributed by atoms with Gasteiger partial charge >= 0.3 is 5.97 Å². The summed E-state index contributed by atoms with van der Waals surface area (Å²) in [6.45, 7) is 1.07. The van der Waals surface area contributed by atoms with Gasteiger partial charge in [-0.15, -0.1) is 0 Å². The molecule has 0 aromatic heterocycles. The van der Waals surface area contributed by atoms with Crippen LogP contribution in [0, 0.1) is 0 Å². The second-order valence-electron chi connectivity index (χ2n) is 4.31. The van der Waals surface area contributed by atoms with Gasteiger partial charge in [-0.3, -0.25) is 0 Å². The lowest BCUT2D eigenvalue weighted by molar-refractivity contribution is 0.0600. The lowest BCUT2D eigenvalue weighted by atomic mass is 10.1. The average molecular weight is 335 g/mol. The van der Waals surface area contributed by atoms with Crippen LogP contribution in [0.25, 0.3) is 0 Å². The molecule has 2 aromatic rings. The Morgan fingerprint density at radius 2 is 1.45 bits per heavy atom. The molecule has 0 unspecified atom stereocenters. The highest BCUT2D eigenvalue weighted by atomic mass is 79.9. The summed E-state index contributed by atoms with van der Waals surface area (Å²) in [6, 6.07) is 15.2. The summed E-state index contributed by atoms with van der Waals surface area (Å²) in [6.07, 6.45) is 0. The third kappa shape index (κ3) is 4.18. The zero-order chi connectivity index (χ0) is 14.4. The summed E-state index contributed by atoms with van der Waals surface area (Å²) >= 11 is 3.40. The number of ether oxygens (including phenoxy) is 2. The molecule has 0 spiro atoms. The number of rotatable bonds is 5. The van der Waals surface area contributed by atoms with Crippen LogP contribution in [0.15, 0.2) is 53.0 Å². The standard InChI is InChI=1S/C16H15BrO3/c1-19-16(18)14-6-2-12(3-7-14)10-20-11-13-4-8-15(17)9-5-13/h2-9H,10-11H2,1H3. The Bertz CT molecular complexity index is 561. The van der Waals surface area contributed by atoms with Crippen molar-refractivity contribution in [2.24, 2.45) is 0 Å². The van der Waals surface area contributed by atoms with Crippen LogP contribution in [0.5, 0.6) is 0 Å². The van der Waals surface area contributed by atoms with Gasteiger partial charge in [-0.25, -0.2) is 4.79 Å². The van der Waals surface area contributed by atoms with Crippen molar-refractivity contribution in [1.82, 2.24) is 0 Å². The number of methoxy groups -OCH3 is 1. The Kier molecular flexibility index (Phi) is 5.32. The Hall–Kier alpha value is -1.65. The Morgan fingerprint density at radius 1 is 0.950 bits per heavy atom. The topological polar surface area (TPSA) is 35.5 Å². The number of esters is 1. The molecule has 0 saturated heterocycles. The van der Waals surface area contributed by atoms with E-state index in [0.29, 0.717) is 18.8 Å². The first-order valence-electron chi connectivity index (χ1n) is 6.18. The summed E-state index contributed by atoms with van der Waals surface area (Å²) < 4.78 is 11.3. The molecule has 0 aliphatic rings. The van der Waals surface area contributed by atoms with Gasteiger partial charge in [-0.2, -0.15) is 0 Å². The molecule has 2 aromatic carbocycles. The second kappa shape index (κ2) is 7.22. The fourth-order valence-electron chi connectivity index (χ4n) is 1.72. The monoisotopic (exact) mass is 334 g/mol. The molecular formula is C16H15BrO3. The van der Waals surface area contributed by atoms with Gasteiger partial charge in [-0.05, 0) is 35.4 Å². The van der Waals surface area contributed by atoms with Gasteiger partial charge in [0.25, 0.3) is 0 Å². The molecule has 0 N–H and O–H groups in total. The minimum Gasteiger partial charge on any atom is -0.465 e. The average Bonchev–Trinajstić information content (AvgIpc) is 2.49. The van der Waals surface area contributed by atoms with Gasteiger partial charge in [0.05, 0.1) is 25.9 Å². The molecule has 0 saturated carbocycles. The number of hydrogen-bond donors (Lipinski definition) is 0. The van der Waals surface area contributed by atoms with Gasteiger partial charge in [0, 0.05) is 4.47 Å². The summed E-state index contributed by atoms with van der Waals surface area (Å²) in [5.41, 5.74) is 2.69. The first kappa shape index (κ1) is 14.8. The number of benzene rings is 2. The van der Waals surface area contributed by atoms with Gasteiger partial charge in [0.2, 0.25) is 0 Å². The molecule has 0 fully saturated rings. The number of hydrogen-bond acceptors (Lipinski definition) is 3. The highest BCUT2D eigenvalue weighted by Crippen LogP contribution is 2.12. The van der Waals surface area contributed by atoms with E-state index in [-0.39, 0.29) is 5.97 Å². The lowest BCUT2D eigenvalue weighted by Gasteiger charge is -2.06. The van der Waals surface area contributed by atoms with Crippen LogP contribution < -0.4 is 0 Å². The molecule has 20 heavy (non-hydrogen) atoms. The number of carbonyl (C=O) groups excluding carboxylic acids is 1. The predicted octanol–water partition coefficient (Wildman–Crippen LogP) is 3.95. The first-order valence-corrected chi connectivity index (χ1v) is 6.98. The van der Waals surface area contributed by atoms with Crippen molar-refractivity contribution < 1.29 is 14.3 Å². The van der Waals surface area contributed by atoms with E-state index in [0.717, 1.165) is 15.6 Å². The maximum absolute atomic E-state index is 11.3. The molecule has 2 rings (SSSR count). The first-order chi connectivity index (χ1) is 9.69. The van der Waals surface area contributed by atoms with Crippen LogP contribution in [-0.2, 0) is 22.7 Å². The molecule has 0 radical (unpaired) electrons. The molecule has 0 amide bonds. The van der Waals surface area contributed by atoms with Crippen LogP contribution in [0.2, 0.25) is 0 Å². The van der Waals surface area contributed by atoms with E-state index in [1.807, 2.05) is 36.4 Å². The highest BCUT2D eigenvalue weighted by Gasteiger charge is 2.04. The Labute approximate surface area is 126 Å². The summed E-state index contributed by atoms with van der Waals surface area (Å²) in [4.78, 5) is 11.3. The molecule has 4 heteroatoms. The predicted molar refractivity (Wildman–Crippen MR) is 80.4 cm³/mol. The zero-order valence-corrected chi connectivity index (χ0v) is 12.7. The number of halogens is 1. The molecule has 3 nitrogen and oxygen atoms in total. The van der Waals surface area contributed by atoms with Crippen LogP contribution >= 0.6 is 15.9 Å². The van der Waals surface area contributed by atoms with Crippen molar-refractivity contribution in [1.29, 1.82) is 0 Å². The van der Waals surface area contributed by atoms with E-state index in [1.165, 1.54) is 7.11 Å². The fraction of sp³-hybridized carbons (Fsp3) is 0.188. The van der Waals surface area contributed by atoms with E-state index in [9.17, 15) is 4.79 Å². The largest absolute Gasteiger partial charge is 0.465 e. The van der Waals surface area contributed by atoms with E-state index in [4.69, 9.17) is 4.74 Å². The summed E-state index contributed by atoms with van der Waals surface area (Å²) in [7, 11) is 1.37. The van der Waals surface area contributed by atoms with Gasteiger partial charge in [0.1, 0.15) is 0 Å². The van der Waals surface area contributed by atoms with Gasteiger partial charge < -0.3 is 9.47 Å². The van der Waals surface area contributed by atoms with E-state index in [1.54, 1.807) is 12.1 Å². The minimum atomic E-state index is -0.327. The number of carbonyl (C=O) groups is 1. The van der Waals surface area contributed by atoms with Crippen molar-refractivity contribution >= 4 is 21.9 Å². The maximum Gasteiger partial charge on any atom is 0.337 e. The van der Waals surface area contributed by atoms with Crippen LogP contribution in [0.1, 0.15) is 21.5 Å². The SMILES string of the molecule is COC(=O)c1ccc(COCc2ccc(Br)cc2)cc1. The van der Waals surface area contributed by atoms with Crippen molar-refractivity contribution in [2.45, 2.75) is 13.2 Å². The van der Waals surface area contributed by atoms with Crippen molar-refractivity contribution in [3.05, 3.63) is 69.7 Å². The Morgan fingerprint density at radius 3 is 1.95 bits per heavy atom. The zero-order valence-electron chi connectivity index (χ0n) is 11.1. The van der Waals surface area contributed by atoms with Crippen LogP contribution in [0.4, 0.5) is 0 Å². The molecule has 0 bridgehead atoms. The smallest absolute Gasteiger partial charge is 0.337 e. The van der Waals surface area contributed by atoms with E-state index >= 15 is 0 Å². The van der Waals surface area contributed by atoms with E-state index < -0.39 is 0 Å². The Balaban J connectivity index is 1.85. The summed E-state index contributed by atoms with van der Waals surface area (Å²) in [5.74, 6) is -0.327. The quantitative estimate of drug-likeness (QED) is 0.776. The molecule has 0 heterocycles. The second-order valence-corrected chi connectivity index (χ2v) is 5.22. The molecule has 0 atom stereocenters. The maximum atomic E-state index is 11.3. The molecular weight excluding hydrogens is 320 g/mol. The highest BCUT2D eigenvalue weighted by molar-refractivity contribution is 9.10. The van der Waals surface area contributed by atoms with Crippen molar-refractivity contribution in [3.63, 3.8) is 0 Å². The minimum absolute atomic E-state index is 0.327. The molecule has 0 aliphatic carbocycles.